The number of hydrogen-bond acceptors (Lipinski definition) is 6. The molecule has 1 amide bonds. The van der Waals surface area contributed by atoms with Crippen molar-refractivity contribution in [3.63, 3.8) is 0 Å². The number of rotatable bonds is 7. The minimum atomic E-state index is -0.401. The fourth-order valence-corrected chi connectivity index (χ4v) is 2.93. The second kappa shape index (κ2) is 9.08. The Balaban J connectivity index is 1.49. The first-order valence-corrected chi connectivity index (χ1v) is 9.39. The van der Waals surface area contributed by atoms with E-state index in [4.69, 9.17) is 14.0 Å². The normalized spacial score (nSPS) is 10.5. The molecule has 7 nitrogen and oxygen atoms in total. The van der Waals surface area contributed by atoms with E-state index >= 15 is 0 Å². The van der Waals surface area contributed by atoms with Crippen LogP contribution in [0.4, 0.5) is 10.1 Å². The molecule has 0 atom stereocenters. The average Bonchev–Trinajstić information content (AvgIpc) is 3.28. The number of amides is 1. The van der Waals surface area contributed by atoms with Crippen molar-refractivity contribution in [2.24, 2.45) is 0 Å². The summed E-state index contributed by atoms with van der Waals surface area (Å²) in [6.45, 7) is -0.232. The molecule has 4 aromatic rings. The predicted molar refractivity (Wildman–Crippen MR) is 112 cm³/mol. The van der Waals surface area contributed by atoms with Gasteiger partial charge < -0.3 is 19.3 Å². The highest BCUT2D eigenvalue weighted by molar-refractivity contribution is 5.93. The molecule has 31 heavy (non-hydrogen) atoms. The van der Waals surface area contributed by atoms with Gasteiger partial charge in [-0.1, -0.05) is 35.5 Å². The fourth-order valence-electron chi connectivity index (χ4n) is 2.93. The van der Waals surface area contributed by atoms with Crippen molar-refractivity contribution in [3.05, 3.63) is 78.6 Å². The van der Waals surface area contributed by atoms with Crippen LogP contribution in [0.5, 0.6) is 11.5 Å². The minimum Gasteiger partial charge on any atom is -0.495 e. The predicted octanol–water partition coefficient (Wildman–Crippen LogP) is 4.57. The fraction of sp³-hybridized carbons (Fsp3) is 0.0870. The van der Waals surface area contributed by atoms with Gasteiger partial charge in [-0.15, -0.1) is 0 Å². The van der Waals surface area contributed by atoms with Gasteiger partial charge in [0.15, 0.2) is 6.61 Å². The first kappa shape index (κ1) is 20.1. The van der Waals surface area contributed by atoms with Gasteiger partial charge in [0.25, 0.3) is 11.8 Å². The number of benzene rings is 3. The van der Waals surface area contributed by atoms with Gasteiger partial charge in [0.2, 0.25) is 5.82 Å². The lowest BCUT2D eigenvalue weighted by molar-refractivity contribution is -0.118. The average molecular weight is 419 g/mol. The van der Waals surface area contributed by atoms with Gasteiger partial charge in [-0.3, -0.25) is 4.79 Å². The van der Waals surface area contributed by atoms with E-state index in [1.54, 1.807) is 54.6 Å². The quantitative estimate of drug-likeness (QED) is 0.472. The highest BCUT2D eigenvalue weighted by atomic mass is 19.1. The third kappa shape index (κ3) is 4.69. The highest BCUT2D eigenvalue weighted by Crippen LogP contribution is 2.30. The maximum absolute atomic E-state index is 13.5. The van der Waals surface area contributed by atoms with E-state index < -0.39 is 5.82 Å². The number of carbonyl (C=O) groups excluding carboxylic acids is 1. The topological polar surface area (TPSA) is 86.5 Å². The number of anilines is 1. The molecule has 1 aromatic heterocycles. The van der Waals surface area contributed by atoms with Crippen LogP contribution in [0.25, 0.3) is 22.8 Å². The highest BCUT2D eigenvalue weighted by Gasteiger charge is 2.16. The summed E-state index contributed by atoms with van der Waals surface area (Å²) in [5.41, 5.74) is 1.55. The lowest BCUT2D eigenvalue weighted by Gasteiger charge is -2.11. The molecule has 0 radical (unpaired) electrons. The Labute approximate surface area is 177 Å². The number of halogens is 1. The van der Waals surface area contributed by atoms with E-state index in [-0.39, 0.29) is 24.2 Å². The van der Waals surface area contributed by atoms with Gasteiger partial charge in [-0.05, 0) is 42.5 Å². The number of nitrogens with zero attached hydrogens (tertiary/aromatic N) is 2. The first-order chi connectivity index (χ1) is 15.1. The van der Waals surface area contributed by atoms with Crippen LogP contribution in [-0.2, 0) is 4.79 Å². The molecule has 1 N–H and O–H groups in total. The van der Waals surface area contributed by atoms with Crippen LogP contribution >= 0.6 is 0 Å². The third-order valence-corrected chi connectivity index (χ3v) is 4.37. The number of para-hydroxylation sites is 3. The summed E-state index contributed by atoms with van der Waals surface area (Å²) in [5, 5.41) is 6.71. The van der Waals surface area contributed by atoms with Crippen LogP contribution in [-0.4, -0.2) is 29.8 Å². The Morgan fingerprint density at radius 3 is 2.61 bits per heavy atom. The maximum atomic E-state index is 13.5. The summed E-state index contributed by atoms with van der Waals surface area (Å²) in [6.07, 6.45) is 0. The smallest absolute Gasteiger partial charge is 0.262 e. The Bertz CT molecular complexity index is 1210. The Hall–Kier alpha value is -4.20. The zero-order valence-corrected chi connectivity index (χ0v) is 16.5. The SMILES string of the molecule is COc1ccccc1NC(=O)COc1ccccc1-c1noc(-c2cccc(F)c2)n1. The summed E-state index contributed by atoms with van der Waals surface area (Å²) in [4.78, 5) is 16.7. The molecule has 0 spiro atoms. The molecule has 0 bridgehead atoms. The summed E-state index contributed by atoms with van der Waals surface area (Å²) >= 11 is 0. The van der Waals surface area contributed by atoms with Crippen LogP contribution in [0.15, 0.2) is 77.3 Å². The van der Waals surface area contributed by atoms with Gasteiger partial charge in [0.05, 0.1) is 18.4 Å². The Morgan fingerprint density at radius 2 is 1.81 bits per heavy atom. The monoisotopic (exact) mass is 419 g/mol. The standard InChI is InChI=1S/C23H18FN3O4/c1-29-20-12-5-3-10-18(20)25-21(28)14-30-19-11-4-2-9-17(19)22-26-23(31-27-22)15-7-6-8-16(24)13-15/h2-13H,14H2,1H3,(H,25,28). The zero-order valence-electron chi connectivity index (χ0n) is 16.5. The number of methoxy groups -OCH3 is 1. The Morgan fingerprint density at radius 1 is 1.03 bits per heavy atom. The molecule has 0 saturated heterocycles. The van der Waals surface area contributed by atoms with E-state index in [2.05, 4.69) is 15.5 Å². The molecule has 1 heterocycles. The second-order valence-electron chi connectivity index (χ2n) is 6.47. The van der Waals surface area contributed by atoms with Crippen LogP contribution in [0, 0.1) is 5.82 Å². The summed E-state index contributed by atoms with van der Waals surface area (Å²) < 4.78 is 29.7. The first-order valence-electron chi connectivity index (χ1n) is 9.39. The minimum absolute atomic E-state index is 0.179. The second-order valence-corrected chi connectivity index (χ2v) is 6.47. The van der Waals surface area contributed by atoms with Crippen LogP contribution in [0.3, 0.4) is 0 Å². The lowest BCUT2D eigenvalue weighted by atomic mass is 10.2. The van der Waals surface area contributed by atoms with Crippen molar-refractivity contribution >= 4 is 11.6 Å². The lowest BCUT2D eigenvalue weighted by Crippen LogP contribution is -2.20. The Kier molecular flexibility index (Phi) is 5.89. The van der Waals surface area contributed by atoms with Crippen LogP contribution in [0.2, 0.25) is 0 Å². The van der Waals surface area contributed by atoms with Crippen molar-refractivity contribution < 1.29 is 23.2 Å². The molecule has 0 unspecified atom stereocenters. The van der Waals surface area contributed by atoms with Crippen molar-refractivity contribution in [2.75, 3.05) is 19.0 Å². The van der Waals surface area contributed by atoms with E-state index in [1.165, 1.54) is 19.2 Å². The summed E-state index contributed by atoms with van der Waals surface area (Å²) in [6, 6.07) is 20.0. The van der Waals surface area contributed by atoms with Gasteiger partial charge in [-0.2, -0.15) is 4.98 Å². The molecule has 0 aliphatic heterocycles. The zero-order chi connectivity index (χ0) is 21.6. The van der Waals surface area contributed by atoms with Gasteiger partial charge in [0, 0.05) is 5.56 Å². The van der Waals surface area contributed by atoms with Crippen LogP contribution < -0.4 is 14.8 Å². The number of nitrogens with one attached hydrogen (secondary N) is 1. The molecule has 0 saturated carbocycles. The molecule has 3 aromatic carbocycles. The van der Waals surface area contributed by atoms with E-state index in [1.807, 2.05) is 6.07 Å². The third-order valence-electron chi connectivity index (χ3n) is 4.37. The number of ether oxygens (including phenoxy) is 2. The van der Waals surface area contributed by atoms with Crippen molar-refractivity contribution in [1.29, 1.82) is 0 Å². The maximum Gasteiger partial charge on any atom is 0.262 e. The molecule has 8 heteroatoms. The molecular formula is C23H18FN3O4. The largest absolute Gasteiger partial charge is 0.495 e. The molecule has 0 aliphatic carbocycles. The molecule has 0 fully saturated rings. The van der Waals surface area contributed by atoms with Crippen molar-refractivity contribution in [2.45, 2.75) is 0 Å². The van der Waals surface area contributed by atoms with E-state index in [0.717, 1.165) is 0 Å². The van der Waals surface area contributed by atoms with Gasteiger partial charge in [0.1, 0.15) is 17.3 Å². The van der Waals surface area contributed by atoms with E-state index in [0.29, 0.717) is 28.3 Å². The van der Waals surface area contributed by atoms with Crippen LogP contribution in [0.1, 0.15) is 0 Å². The molecule has 156 valence electrons. The number of hydrogen-bond donors (Lipinski definition) is 1. The van der Waals surface area contributed by atoms with Gasteiger partial charge >= 0.3 is 0 Å². The van der Waals surface area contributed by atoms with Crippen molar-refractivity contribution in [3.8, 4) is 34.3 Å². The molecule has 0 aliphatic rings. The molecular weight excluding hydrogens is 401 g/mol. The number of aromatic nitrogens is 2. The van der Waals surface area contributed by atoms with Gasteiger partial charge in [-0.25, -0.2) is 4.39 Å². The van der Waals surface area contributed by atoms with Crippen molar-refractivity contribution in [1.82, 2.24) is 10.1 Å². The number of carbonyl (C=O) groups is 1. The summed E-state index contributed by atoms with van der Waals surface area (Å²) in [7, 11) is 1.53. The van der Waals surface area contributed by atoms with E-state index in [9.17, 15) is 9.18 Å². The summed E-state index contributed by atoms with van der Waals surface area (Å²) in [5.74, 6) is 0.644. The molecule has 4 rings (SSSR count).